The van der Waals surface area contributed by atoms with Gasteiger partial charge in [-0.2, -0.15) is 0 Å². The van der Waals surface area contributed by atoms with Crippen LogP contribution < -0.4 is 9.47 Å². The fraction of sp³-hybridized carbons (Fsp3) is 0.364. The number of rotatable bonds is 5. The molecule has 0 fully saturated rings. The summed E-state index contributed by atoms with van der Waals surface area (Å²) in [6, 6.07) is 5.22. The molecule has 1 aromatic heterocycles. The van der Waals surface area contributed by atoms with Crippen molar-refractivity contribution in [3.05, 3.63) is 52.9 Å². The predicted molar refractivity (Wildman–Crippen MR) is 109 cm³/mol. The van der Waals surface area contributed by atoms with Crippen molar-refractivity contribution in [2.75, 3.05) is 26.8 Å². The van der Waals surface area contributed by atoms with Gasteiger partial charge in [-0.25, -0.2) is 13.8 Å². The van der Waals surface area contributed by atoms with E-state index in [1.807, 2.05) is 18.5 Å². The van der Waals surface area contributed by atoms with E-state index in [2.05, 4.69) is 4.98 Å². The molecule has 1 amide bonds. The number of ether oxygens (including phenoxy) is 2. The average molecular weight is 431 g/mol. The van der Waals surface area contributed by atoms with Crippen molar-refractivity contribution in [1.29, 1.82) is 0 Å². The highest BCUT2D eigenvalue weighted by Gasteiger charge is 2.29. The highest BCUT2D eigenvalue weighted by atomic mass is 19.1. The number of hydrogen-bond donors (Lipinski definition) is 1. The first-order valence-corrected chi connectivity index (χ1v) is 9.92. The minimum absolute atomic E-state index is 0.108. The summed E-state index contributed by atoms with van der Waals surface area (Å²) >= 11 is 0. The molecule has 1 atom stereocenters. The van der Waals surface area contributed by atoms with Gasteiger partial charge in [0.1, 0.15) is 40.6 Å². The van der Waals surface area contributed by atoms with Crippen molar-refractivity contribution in [2.45, 2.75) is 19.4 Å². The Morgan fingerprint density at radius 1 is 1.35 bits per heavy atom. The SMILES string of the molecule is Cc1nc2c(OC3CCOc4cc(F)cc(F)c43)cc(C(=O)N(C)CCO)cc2n1C. The van der Waals surface area contributed by atoms with Crippen LogP contribution in [0, 0.1) is 18.6 Å². The summed E-state index contributed by atoms with van der Waals surface area (Å²) < 4.78 is 41.6. The molecule has 0 aliphatic carbocycles. The van der Waals surface area contributed by atoms with Crippen LogP contribution in [-0.2, 0) is 7.05 Å². The number of carbonyl (C=O) groups excluding carboxylic acids is 1. The number of hydrogen-bond acceptors (Lipinski definition) is 5. The number of carbonyl (C=O) groups is 1. The number of nitrogens with zero attached hydrogens (tertiary/aromatic N) is 3. The maximum absolute atomic E-state index is 14.6. The van der Waals surface area contributed by atoms with E-state index in [9.17, 15) is 13.6 Å². The van der Waals surface area contributed by atoms with Crippen LogP contribution in [-0.4, -0.2) is 52.3 Å². The molecule has 0 spiro atoms. The van der Waals surface area contributed by atoms with Crippen molar-refractivity contribution in [1.82, 2.24) is 14.5 Å². The van der Waals surface area contributed by atoms with E-state index >= 15 is 0 Å². The summed E-state index contributed by atoms with van der Waals surface area (Å²) in [5.74, 6) is -0.614. The maximum Gasteiger partial charge on any atom is 0.253 e. The quantitative estimate of drug-likeness (QED) is 0.672. The highest BCUT2D eigenvalue weighted by Crippen LogP contribution is 2.39. The van der Waals surface area contributed by atoms with E-state index in [1.54, 1.807) is 19.2 Å². The highest BCUT2D eigenvalue weighted by molar-refractivity contribution is 5.99. The first-order chi connectivity index (χ1) is 14.8. The number of aliphatic hydroxyl groups is 1. The van der Waals surface area contributed by atoms with E-state index < -0.39 is 17.7 Å². The van der Waals surface area contributed by atoms with E-state index in [1.165, 1.54) is 4.90 Å². The Kier molecular flexibility index (Phi) is 5.53. The Hall–Kier alpha value is -3.20. The third-order valence-corrected chi connectivity index (χ3v) is 5.49. The van der Waals surface area contributed by atoms with Gasteiger partial charge in [-0.3, -0.25) is 4.79 Å². The van der Waals surface area contributed by atoms with Crippen LogP contribution in [0.5, 0.6) is 11.5 Å². The Bertz CT molecular complexity index is 1160. The van der Waals surface area contributed by atoms with E-state index in [0.29, 0.717) is 34.6 Å². The summed E-state index contributed by atoms with van der Waals surface area (Å²) in [6.07, 6.45) is -0.374. The van der Waals surface area contributed by atoms with E-state index in [-0.39, 0.29) is 37.0 Å². The summed E-state index contributed by atoms with van der Waals surface area (Å²) in [5, 5.41) is 9.15. The molecule has 1 aliphatic heterocycles. The summed E-state index contributed by atoms with van der Waals surface area (Å²) in [6.45, 7) is 2.09. The molecule has 1 unspecified atom stereocenters. The second kappa shape index (κ2) is 8.14. The third-order valence-electron chi connectivity index (χ3n) is 5.49. The molecule has 0 bridgehead atoms. The van der Waals surface area contributed by atoms with Crippen molar-refractivity contribution < 1.29 is 28.2 Å². The largest absolute Gasteiger partial charge is 0.493 e. The standard InChI is InChI=1S/C22H23F2N3O4/c1-12-25-21-16(27(12)3)8-13(22(29)26(2)5-6-28)9-19(21)31-17-4-7-30-18-11-14(23)10-15(24)20(17)18/h8-11,17,28H,4-7H2,1-3H3. The molecule has 31 heavy (non-hydrogen) atoms. The van der Waals surface area contributed by atoms with Gasteiger partial charge in [-0.05, 0) is 19.1 Å². The lowest BCUT2D eigenvalue weighted by molar-refractivity contribution is 0.0765. The smallest absolute Gasteiger partial charge is 0.253 e. The van der Waals surface area contributed by atoms with Crippen molar-refractivity contribution in [2.24, 2.45) is 7.05 Å². The number of likely N-dealkylation sites (N-methyl/N-ethyl adjacent to an activating group) is 1. The predicted octanol–water partition coefficient (Wildman–Crippen LogP) is 3.13. The van der Waals surface area contributed by atoms with Crippen LogP contribution in [0.25, 0.3) is 11.0 Å². The molecule has 2 heterocycles. The first kappa shape index (κ1) is 21.0. The second-order valence-corrected chi connectivity index (χ2v) is 7.55. The van der Waals surface area contributed by atoms with Crippen molar-refractivity contribution >= 4 is 16.9 Å². The van der Waals surface area contributed by atoms with Crippen LogP contribution in [0.1, 0.15) is 34.3 Å². The van der Waals surface area contributed by atoms with Crippen molar-refractivity contribution in [3.8, 4) is 11.5 Å². The van der Waals surface area contributed by atoms with Crippen LogP contribution >= 0.6 is 0 Å². The van der Waals surface area contributed by atoms with Gasteiger partial charge in [-0.15, -0.1) is 0 Å². The fourth-order valence-electron chi connectivity index (χ4n) is 3.74. The topological polar surface area (TPSA) is 76.8 Å². The third kappa shape index (κ3) is 3.81. The molecule has 0 saturated heterocycles. The number of fused-ring (bicyclic) bond motifs is 2. The van der Waals surface area contributed by atoms with E-state index in [4.69, 9.17) is 14.6 Å². The van der Waals surface area contributed by atoms with Gasteiger partial charge in [0, 0.05) is 44.8 Å². The molecule has 1 N–H and O–H groups in total. The number of aromatic nitrogens is 2. The maximum atomic E-state index is 14.6. The molecule has 0 saturated carbocycles. The van der Waals surface area contributed by atoms with Gasteiger partial charge in [0.15, 0.2) is 0 Å². The number of halogens is 2. The molecule has 3 aromatic rings. The average Bonchev–Trinajstić information content (AvgIpc) is 3.01. The summed E-state index contributed by atoms with van der Waals surface area (Å²) in [4.78, 5) is 18.8. The number of imidazole rings is 1. The van der Waals surface area contributed by atoms with Gasteiger partial charge in [-0.1, -0.05) is 0 Å². The Labute approximate surface area is 177 Å². The molecule has 2 aromatic carbocycles. The van der Waals surface area contributed by atoms with Gasteiger partial charge in [0.2, 0.25) is 0 Å². The molecule has 4 rings (SSSR count). The van der Waals surface area contributed by atoms with Crippen LogP contribution in [0.4, 0.5) is 8.78 Å². The van der Waals surface area contributed by atoms with Crippen LogP contribution in [0.2, 0.25) is 0 Å². The lowest BCUT2D eigenvalue weighted by Gasteiger charge is -2.27. The van der Waals surface area contributed by atoms with Gasteiger partial charge >= 0.3 is 0 Å². The Balaban J connectivity index is 1.80. The normalized spacial score (nSPS) is 15.5. The lowest BCUT2D eigenvalue weighted by atomic mass is 10.0. The molecule has 164 valence electrons. The minimum Gasteiger partial charge on any atom is -0.493 e. The number of aliphatic hydroxyl groups excluding tert-OH is 1. The first-order valence-electron chi connectivity index (χ1n) is 9.92. The van der Waals surface area contributed by atoms with Gasteiger partial charge < -0.3 is 24.0 Å². The number of amides is 1. The zero-order valence-corrected chi connectivity index (χ0v) is 17.5. The summed E-state index contributed by atoms with van der Waals surface area (Å²) in [7, 11) is 3.42. The van der Waals surface area contributed by atoms with Crippen LogP contribution in [0.15, 0.2) is 24.3 Å². The zero-order chi connectivity index (χ0) is 22.3. The van der Waals surface area contributed by atoms with Gasteiger partial charge in [0.25, 0.3) is 5.91 Å². The molecular formula is C22H23F2N3O4. The van der Waals surface area contributed by atoms with Gasteiger partial charge in [0.05, 0.1) is 24.3 Å². The number of benzene rings is 2. The summed E-state index contributed by atoms with van der Waals surface area (Å²) in [5.41, 5.74) is 1.72. The van der Waals surface area contributed by atoms with Crippen LogP contribution in [0.3, 0.4) is 0 Å². The monoisotopic (exact) mass is 431 g/mol. The molecule has 9 heteroatoms. The molecular weight excluding hydrogens is 408 g/mol. The Morgan fingerprint density at radius 2 is 2.13 bits per heavy atom. The van der Waals surface area contributed by atoms with Crippen molar-refractivity contribution in [3.63, 3.8) is 0 Å². The molecule has 0 radical (unpaired) electrons. The Morgan fingerprint density at radius 3 is 2.87 bits per heavy atom. The minimum atomic E-state index is -0.747. The molecule has 1 aliphatic rings. The molecule has 7 nitrogen and oxygen atoms in total. The second-order valence-electron chi connectivity index (χ2n) is 7.55. The lowest BCUT2D eigenvalue weighted by Crippen LogP contribution is -2.29. The number of aryl methyl sites for hydroxylation is 2. The van der Waals surface area contributed by atoms with E-state index in [0.717, 1.165) is 12.1 Å². The zero-order valence-electron chi connectivity index (χ0n) is 17.5. The fourth-order valence-corrected chi connectivity index (χ4v) is 3.74.